The van der Waals surface area contributed by atoms with E-state index in [1.807, 2.05) is 13.1 Å². The number of nitrogens with two attached hydrogens (primary N) is 1. The first-order valence-corrected chi connectivity index (χ1v) is 11.7. The van der Waals surface area contributed by atoms with Gasteiger partial charge >= 0.3 is 0 Å². The molecule has 0 bridgehead atoms. The van der Waals surface area contributed by atoms with Gasteiger partial charge in [0.25, 0.3) is 0 Å². The van der Waals surface area contributed by atoms with Crippen molar-refractivity contribution in [1.82, 2.24) is 9.97 Å². The molecule has 0 saturated heterocycles. The van der Waals surface area contributed by atoms with Gasteiger partial charge < -0.3 is 10.7 Å². The molecule has 1 unspecified atom stereocenters. The van der Waals surface area contributed by atoms with Crippen molar-refractivity contribution < 1.29 is 4.79 Å². The fraction of sp³-hybridized carbons (Fsp3) is 0.481. The molecule has 1 saturated carbocycles. The van der Waals surface area contributed by atoms with Gasteiger partial charge in [0.15, 0.2) is 0 Å². The maximum absolute atomic E-state index is 13.1. The van der Waals surface area contributed by atoms with Crippen molar-refractivity contribution in [3.8, 4) is 11.3 Å². The summed E-state index contributed by atoms with van der Waals surface area (Å²) in [5.41, 5.74) is 12.9. The number of ketones is 1. The molecule has 0 radical (unpaired) electrons. The highest BCUT2D eigenvalue weighted by Gasteiger charge is 2.25. The molecule has 4 heteroatoms. The molecule has 3 N–H and O–H groups in total. The number of nitrogens with zero attached hydrogens (tertiary/aromatic N) is 1. The lowest BCUT2D eigenvalue weighted by Gasteiger charge is -2.26. The lowest BCUT2D eigenvalue weighted by molar-refractivity contribution is -0.121. The van der Waals surface area contributed by atoms with Crippen LogP contribution < -0.4 is 5.73 Å². The zero-order chi connectivity index (χ0) is 22.1. The summed E-state index contributed by atoms with van der Waals surface area (Å²) in [6.45, 7) is 8.55. The molecule has 4 nitrogen and oxygen atoms in total. The van der Waals surface area contributed by atoms with Crippen molar-refractivity contribution in [3.05, 3.63) is 53.3 Å². The van der Waals surface area contributed by atoms with Crippen LogP contribution in [0.1, 0.15) is 81.5 Å². The summed E-state index contributed by atoms with van der Waals surface area (Å²) >= 11 is 0. The molecule has 31 heavy (non-hydrogen) atoms. The zero-order valence-electron chi connectivity index (χ0n) is 19.2. The maximum atomic E-state index is 13.1. The van der Waals surface area contributed by atoms with Crippen molar-refractivity contribution in [2.45, 2.75) is 77.7 Å². The Hall–Kier alpha value is -2.46. The van der Waals surface area contributed by atoms with Gasteiger partial charge in [-0.2, -0.15) is 0 Å². The number of benzene rings is 1. The molecular weight excluding hydrogens is 382 g/mol. The van der Waals surface area contributed by atoms with Crippen LogP contribution in [-0.2, 0) is 4.79 Å². The molecule has 2 heterocycles. The number of hydrogen-bond donors (Lipinski definition) is 2. The lowest BCUT2D eigenvalue weighted by atomic mass is 9.81. The van der Waals surface area contributed by atoms with Crippen LogP contribution in [0.5, 0.6) is 0 Å². The van der Waals surface area contributed by atoms with E-state index in [-0.39, 0.29) is 5.92 Å². The predicted molar refractivity (Wildman–Crippen MR) is 128 cm³/mol. The van der Waals surface area contributed by atoms with Crippen LogP contribution in [0.4, 0.5) is 0 Å². The molecule has 1 fully saturated rings. The number of aromatic nitrogens is 2. The summed E-state index contributed by atoms with van der Waals surface area (Å²) in [5.74, 6) is 1.14. The van der Waals surface area contributed by atoms with Crippen molar-refractivity contribution in [1.29, 1.82) is 0 Å². The van der Waals surface area contributed by atoms with E-state index in [4.69, 9.17) is 5.73 Å². The second-order valence-electron chi connectivity index (χ2n) is 9.73. The van der Waals surface area contributed by atoms with Crippen LogP contribution in [0.15, 0.2) is 36.5 Å². The van der Waals surface area contributed by atoms with Crippen LogP contribution >= 0.6 is 0 Å². The van der Waals surface area contributed by atoms with Crippen molar-refractivity contribution in [3.63, 3.8) is 0 Å². The average Bonchev–Trinajstić information content (AvgIpc) is 3.14. The summed E-state index contributed by atoms with van der Waals surface area (Å²) in [7, 11) is 0. The smallest absolute Gasteiger partial charge is 0.140 e. The van der Waals surface area contributed by atoms with Gasteiger partial charge in [-0.25, -0.2) is 0 Å². The van der Waals surface area contributed by atoms with E-state index in [0.717, 1.165) is 53.7 Å². The third-order valence-electron chi connectivity index (χ3n) is 6.99. The standard InChI is InChI=1S/C27H35N3O/c1-16(2)26-23-15-20(18(4)25(31)14-19-5-8-22(28)9-6-19)7-10-24(23)30-27(26)21-11-12-29-17(3)13-21/h7,10-13,15-16,18-19,22,30H,5-6,8-9,14,28H2,1-4H3. The van der Waals surface area contributed by atoms with Crippen molar-refractivity contribution in [2.24, 2.45) is 11.7 Å². The number of carbonyl (C=O) groups is 1. The third-order valence-corrected chi connectivity index (χ3v) is 6.99. The normalized spacial score (nSPS) is 20.3. The summed E-state index contributed by atoms with van der Waals surface area (Å²) in [6.07, 6.45) is 6.82. The minimum absolute atomic E-state index is 0.0819. The summed E-state index contributed by atoms with van der Waals surface area (Å²) < 4.78 is 0. The minimum Gasteiger partial charge on any atom is -0.354 e. The monoisotopic (exact) mass is 417 g/mol. The Morgan fingerprint density at radius 3 is 2.55 bits per heavy atom. The van der Waals surface area contributed by atoms with E-state index >= 15 is 0 Å². The van der Waals surface area contributed by atoms with E-state index in [9.17, 15) is 4.79 Å². The molecule has 1 atom stereocenters. The topological polar surface area (TPSA) is 71.8 Å². The fourth-order valence-electron chi connectivity index (χ4n) is 5.07. The van der Waals surface area contributed by atoms with Crippen LogP contribution in [0.2, 0.25) is 0 Å². The Balaban J connectivity index is 1.64. The molecule has 164 valence electrons. The van der Waals surface area contributed by atoms with Crippen molar-refractivity contribution >= 4 is 16.7 Å². The minimum atomic E-state index is -0.0819. The van der Waals surface area contributed by atoms with Crippen LogP contribution in [0.3, 0.4) is 0 Å². The van der Waals surface area contributed by atoms with Gasteiger partial charge in [0.1, 0.15) is 5.78 Å². The molecule has 0 spiro atoms. The van der Waals surface area contributed by atoms with E-state index in [1.165, 1.54) is 10.9 Å². The number of Topliss-reactive ketones (excluding diaryl/α,β-unsaturated/α-hetero) is 1. The first-order chi connectivity index (χ1) is 14.8. The van der Waals surface area contributed by atoms with Crippen LogP contribution in [0, 0.1) is 12.8 Å². The fourth-order valence-corrected chi connectivity index (χ4v) is 5.07. The maximum Gasteiger partial charge on any atom is 0.140 e. The van der Waals surface area contributed by atoms with Gasteiger partial charge in [0.05, 0.1) is 5.69 Å². The average molecular weight is 418 g/mol. The summed E-state index contributed by atoms with van der Waals surface area (Å²) in [6, 6.07) is 11.0. The molecule has 2 aromatic heterocycles. The number of carbonyl (C=O) groups excluding carboxylic acids is 1. The first kappa shape index (κ1) is 21.8. The number of H-pyrrole nitrogens is 1. The highest BCUT2D eigenvalue weighted by Crippen LogP contribution is 2.37. The van der Waals surface area contributed by atoms with Gasteiger partial charge in [-0.15, -0.1) is 0 Å². The molecule has 1 aliphatic carbocycles. The largest absolute Gasteiger partial charge is 0.354 e. The summed E-state index contributed by atoms with van der Waals surface area (Å²) in [4.78, 5) is 21.0. The van der Waals surface area contributed by atoms with Crippen molar-refractivity contribution in [2.75, 3.05) is 0 Å². The second-order valence-corrected chi connectivity index (χ2v) is 9.73. The Morgan fingerprint density at radius 2 is 1.87 bits per heavy atom. The van der Waals surface area contributed by atoms with E-state index < -0.39 is 0 Å². The van der Waals surface area contributed by atoms with E-state index in [1.54, 1.807) is 0 Å². The molecule has 1 aliphatic rings. The molecule has 3 aromatic rings. The first-order valence-electron chi connectivity index (χ1n) is 11.7. The number of aromatic amines is 1. The van der Waals surface area contributed by atoms with Gasteiger partial charge in [-0.05, 0) is 79.8 Å². The van der Waals surface area contributed by atoms with E-state index in [0.29, 0.717) is 30.1 Å². The Bertz CT molecular complexity index is 1070. The molecule has 1 aromatic carbocycles. The molecule has 4 rings (SSSR count). The lowest BCUT2D eigenvalue weighted by Crippen LogP contribution is -2.28. The molecule has 0 aliphatic heterocycles. The van der Waals surface area contributed by atoms with Gasteiger partial charge in [-0.1, -0.05) is 26.8 Å². The third kappa shape index (κ3) is 4.59. The molecular formula is C27H35N3O. The molecule has 0 amide bonds. The number of rotatable bonds is 6. The van der Waals surface area contributed by atoms with Gasteiger partial charge in [0.2, 0.25) is 0 Å². The summed E-state index contributed by atoms with van der Waals surface area (Å²) in [5, 5.41) is 1.22. The highest BCUT2D eigenvalue weighted by molar-refractivity contribution is 5.93. The van der Waals surface area contributed by atoms with Gasteiger partial charge in [0, 0.05) is 46.7 Å². The van der Waals surface area contributed by atoms with Gasteiger partial charge in [-0.3, -0.25) is 9.78 Å². The predicted octanol–water partition coefficient (Wildman–Crippen LogP) is 6.24. The number of nitrogens with one attached hydrogen (secondary N) is 1. The number of pyridine rings is 1. The van der Waals surface area contributed by atoms with E-state index in [2.05, 4.69) is 61.1 Å². The quantitative estimate of drug-likeness (QED) is 0.498. The number of aryl methyl sites for hydroxylation is 1. The Morgan fingerprint density at radius 1 is 1.13 bits per heavy atom. The zero-order valence-corrected chi connectivity index (χ0v) is 19.2. The number of hydrogen-bond acceptors (Lipinski definition) is 3. The highest BCUT2D eigenvalue weighted by atomic mass is 16.1. The SMILES string of the molecule is Cc1cc(-c2[nH]c3ccc(C(C)C(=O)CC4CCC(N)CC4)cc3c2C(C)C)ccn1. The van der Waals surface area contributed by atoms with Crippen LogP contribution in [0.25, 0.3) is 22.2 Å². The Labute approximate surface area is 185 Å². The second kappa shape index (κ2) is 8.96. The number of fused-ring (bicyclic) bond motifs is 1. The Kier molecular flexibility index (Phi) is 6.29. The van der Waals surface area contributed by atoms with Crippen LogP contribution in [-0.4, -0.2) is 21.8 Å².